The van der Waals surface area contributed by atoms with E-state index in [4.69, 9.17) is 4.74 Å². The van der Waals surface area contributed by atoms with Crippen LogP contribution in [0.5, 0.6) is 5.75 Å². The fraction of sp³-hybridized carbons (Fsp3) is 0.360. The highest BCUT2D eigenvalue weighted by molar-refractivity contribution is 7.89. The van der Waals surface area contributed by atoms with Crippen molar-refractivity contribution in [2.24, 2.45) is 35.5 Å². The molecule has 2 bridgehead atoms. The number of ether oxygens (including phenoxy) is 1. The standard InChI is InChI=1S/C25H24N2O5S/c1-32-16-6-8-17(9-7-16)33(30,31)26-13-14-2-4-15(5-3-14)27-24(28)22-18-10-11-19(21-12-20(18)21)23(22)25(27)29/h2-11,18-23,26H,12-13H2,1H3/t18-,19?,20?,21-,22?,23?/m1/s1. The number of hydrogen-bond acceptors (Lipinski definition) is 5. The van der Waals surface area contributed by atoms with Gasteiger partial charge in [-0.3, -0.25) is 14.5 Å². The zero-order valence-electron chi connectivity index (χ0n) is 18.0. The molecule has 6 atom stereocenters. The van der Waals surface area contributed by atoms with E-state index in [1.807, 2.05) is 0 Å². The maximum atomic E-state index is 13.2. The van der Waals surface area contributed by atoms with E-state index in [1.165, 1.54) is 24.1 Å². The number of benzene rings is 2. The third-order valence-corrected chi connectivity index (χ3v) is 9.11. The van der Waals surface area contributed by atoms with Gasteiger partial charge in [0, 0.05) is 6.54 Å². The quantitative estimate of drug-likeness (QED) is 0.524. The molecule has 33 heavy (non-hydrogen) atoms. The minimum absolute atomic E-state index is 0.0948. The third kappa shape index (κ3) is 3.15. The molecule has 2 amide bonds. The number of methoxy groups -OCH3 is 1. The Morgan fingerprint density at radius 2 is 1.48 bits per heavy atom. The maximum absolute atomic E-state index is 13.2. The van der Waals surface area contributed by atoms with Crippen LogP contribution in [0.15, 0.2) is 65.6 Å². The van der Waals surface area contributed by atoms with Gasteiger partial charge >= 0.3 is 0 Å². The van der Waals surface area contributed by atoms with Crippen LogP contribution in [-0.2, 0) is 26.2 Å². The van der Waals surface area contributed by atoms with E-state index in [0.717, 1.165) is 12.0 Å². The van der Waals surface area contributed by atoms with Gasteiger partial charge in [-0.1, -0.05) is 24.3 Å². The highest BCUT2D eigenvalue weighted by Gasteiger charge is 2.67. The summed E-state index contributed by atoms with van der Waals surface area (Å²) in [5.74, 6) is 1.45. The number of imide groups is 1. The van der Waals surface area contributed by atoms with Crippen molar-refractivity contribution >= 4 is 27.5 Å². The van der Waals surface area contributed by atoms with Gasteiger partial charge in [-0.15, -0.1) is 0 Å². The predicted molar refractivity (Wildman–Crippen MR) is 121 cm³/mol. The molecule has 1 N–H and O–H groups in total. The molecule has 5 aliphatic rings. The lowest BCUT2D eigenvalue weighted by molar-refractivity contribution is -0.124. The Hall–Kier alpha value is -2.97. The number of sulfonamides is 1. The Kier molecular flexibility index (Phi) is 4.54. The fourth-order valence-corrected chi connectivity index (χ4v) is 7.01. The molecule has 1 saturated heterocycles. The average molecular weight is 465 g/mol. The van der Waals surface area contributed by atoms with Crippen molar-refractivity contribution in [1.29, 1.82) is 0 Å². The SMILES string of the molecule is COc1ccc(S(=O)(=O)NCc2ccc(N3C(=O)C4C(C3=O)[C@@H]3C=CC4[C@H]4CC34)cc2)cc1. The van der Waals surface area contributed by atoms with Crippen LogP contribution in [0.25, 0.3) is 0 Å². The van der Waals surface area contributed by atoms with Crippen molar-refractivity contribution in [2.75, 3.05) is 12.0 Å². The van der Waals surface area contributed by atoms with Gasteiger partial charge < -0.3 is 4.74 Å². The van der Waals surface area contributed by atoms with Gasteiger partial charge in [0.25, 0.3) is 0 Å². The monoisotopic (exact) mass is 464 g/mol. The topological polar surface area (TPSA) is 92.8 Å². The summed E-state index contributed by atoms with van der Waals surface area (Å²) in [5.41, 5.74) is 1.28. The van der Waals surface area contributed by atoms with Gasteiger partial charge in [-0.2, -0.15) is 0 Å². The number of amides is 2. The summed E-state index contributed by atoms with van der Waals surface area (Å²) in [4.78, 5) is 27.9. The molecular formula is C25H24N2O5S. The van der Waals surface area contributed by atoms with Crippen LogP contribution < -0.4 is 14.4 Å². The molecule has 3 fully saturated rings. The minimum Gasteiger partial charge on any atom is -0.497 e. The summed E-state index contributed by atoms with van der Waals surface area (Å²) in [6.45, 7) is 0.0964. The lowest BCUT2D eigenvalue weighted by Crippen LogP contribution is -2.40. The number of allylic oxidation sites excluding steroid dienone is 2. The predicted octanol–water partition coefficient (Wildman–Crippen LogP) is 2.73. The Morgan fingerprint density at radius 1 is 0.909 bits per heavy atom. The Morgan fingerprint density at radius 3 is 2.03 bits per heavy atom. The average Bonchev–Trinajstić information content (AvgIpc) is 3.61. The van der Waals surface area contributed by atoms with E-state index in [2.05, 4.69) is 16.9 Å². The summed E-state index contributed by atoms with van der Waals surface area (Å²) >= 11 is 0. The van der Waals surface area contributed by atoms with Gasteiger partial charge in [0.1, 0.15) is 5.75 Å². The number of nitrogens with zero attached hydrogens (tertiary/aromatic N) is 1. The zero-order chi connectivity index (χ0) is 22.9. The lowest BCUT2D eigenvalue weighted by Gasteiger charge is -2.37. The molecule has 2 aromatic carbocycles. The number of hydrogen-bond donors (Lipinski definition) is 1. The highest BCUT2D eigenvalue weighted by atomic mass is 32.2. The molecule has 2 aromatic rings. The number of rotatable bonds is 6. The van der Waals surface area contributed by atoms with Crippen LogP contribution >= 0.6 is 0 Å². The summed E-state index contributed by atoms with van der Waals surface area (Å²) in [6, 6.07) is 13.1. The summed E-state index contributed by atoms with van der Waals surface area (Å²) in [6.07, 6.45) is 5.45. The second-order valence-corrected chi connectivity index (χ2v) is 11.1. The van der Waals surface area contributed by atoms with Gasteiger partial charge in [0.05, 0.1) is 29.5 Å². The van der Waals surface area contributed by atoms with Crippen LogP contribution in [0.4, 0.5) is 5.69 Å². The molecular weight excluding hydrogens is 440 g/mol. The molecule has 0 aromatic heterocycles. The molecule has 7 nitrogen and oxygen atoms in total. The van der Waals surface area contributed by atoms with Crippen LogP contribution in [0, 0.1) is 35.5 Å². The van der Waals surface area contributed by atoms with Crippen LogP contribution in [0.2, 0.25) is 0 Å². The van der Waals surface area contributed by atoms with Crippen molar-refractivity contribution in [3.63, 3.8) is 0 Å². The van der Waals surface area contributed by atoms with E-state index >= 15 is 0 Å². The minimum atomic E-state index is -3.68. The molecule has 2 saturated carbocycles. The first-order valence-corrected chi connectivity index (χ1v) is 12.7. The smallest absolute Gasteiger partial charge is 0.240 e. The summed E-state index contributed by atoms with van der Waals surface area (Å²) in [7, 11) is -2.16. The van der Waals surface area contributed by atoms with Crippen molar-refractivity contribution < 1.29 is 22.7 Å². The Labute approximate surface area is 192 Å². The zero-order valence-corrected chi connectivity index (χ0v) is 18.9. The normalized spacial score (nSPS) is 31.5. The van der Waals surface area contributed by atoms with Gasteiger partial charge in [-0.05, 0) is 72.1 Å². The molecule has 8 heteroatoms. The van der Waals surface area contributed by atoms with Crippen molar-refractivity contribution in [3.8, 4) is 5.75 Å². The van der Waals surface area contributed by atoms with Crippen molar-refractivity contribution in [1.82, 2.24) is 4.72 Å². The molecule has 0 spiro atoms. The molecule has 7 rings (SSSR count). The summed E-state index contributed by atoms with van der Waals surface area (Å²) < 4.78 is 32.8. The third-order valence-electron chi connectivity index (χ3n) is 7.69. The van der Waals surface area contributed by atoms with E-state index in [1.54, 1.807) is 36.4 Å². The van der Waals surface area contributed by atoms with Crippen LogP contribution in [0.1, 0.15) is 12.0 Å². The van der Waals surface area contributed by atoms with E-state index in [9.17, 15) is 18.0 Å². The number of nitrogens with one attached hydrogen (secondary N) is 1. The van der Waals surface area contributed by atoms with Crippen molar-refractivity contribution in [3.05, 3.63) is 66.2 Å². The highest BCUT2D eigenvalue weighted by Crippen LogP contribution is 2.65. The van der Waals surface area contributed by atoms with Crippen molar-refractivity contribution in [2.45, 2.75) is 17.9 Å². The number of carbonyl (C=O) groups excluding carboxylic acids is 2. The number of anilines is 1. The van der Waals surface area contributed by atoms with Crippen LogP contribution in [-0.4, -0.2) is 27.3 Å². The Balaban J connectivity index is 1.16. The molecule has 4 aliphatic carbocycles. The Bertz CT molecular complexity index is 1230. The molecule has 170 valence electrons. The van der Waals surface area contributed by atoms with E-state index in [0.29, 0.717) is 23.3 Å². The largest absolute Gasteiger partial charge is 0.497 e. The second-order valence-electron chi connectivity index (χ2n) is 9.33. The second kappa shape index (κ2) is 7.27. The molecule has 1 aliphatic heterocycles. The van der Waals surface area contributed by atoms with Gasteiger partial charge in [-0.25, -0.2) is 13.1 Å². The molecule has 1 heterocycles. The molecule has 0 radical (unpaired) electrons. The van der Waals surface area contributed by atoms with E-state index < -0.39 is 10.0 Å². The molecule has 4 unspecified atom stereocenters. The first-order valence-electron chi connectivity index (χ1n) is 11.2. The van der Waals surface area contributed by atoms with Gasteiger partial charge in [0.15, 0.2) is 0 Å². The fourth-order valence-electron chi connectivity index (χ4n) is 5.99. The first kappa shape index (κ1) is 20.6. The first-order chi connectivity index (χ1) is 15.9. The van der Waals surface area contributed by atoms with Gasteiger partial charge in [0.2, 0.25) is 21.8 Å². The lowest BCUT2D eigenvalue weighted by atomic mass is 9.63. The maximum Gasteiger partial charge on any atom is 0.240 e. The summed E-state index contributed by atoms with van der Waals surface area (Å²) in [5, 5.41) is 0. The van der Waals surface area contributed by atoms with Crippen LogP contribution in [0.3, 0.4) is 0 Å². The van der Waals surface area contributed by atoms with E-state index in [-0.39, 0.29) is 46.9 Å². The number of carbonyl (C=O) groups is 2.